The summed E-state index contributed by atoms with van der Waals surface area (Å²) in [4.78, 5) is 30.6. The number of aromatic nitrogens is 1. The molecule has 0 spiro atoms. The zero-order valence-electron chi connectivity index (χ0n) is 21.3. The fraction of sp³-hybridized carbons (Fsp3) is 0.536. The van der Waals surface area contributed by atoms with Gasteiger partial charge in [-0.15, -0.1) is 0 Å². The van der Waals surface area contributed by atoms with Crippen LogP contribution in [0.3, 0.4) is 0 Å². The summed E-state index contributed by atoms with van der Waals surface area (Å²) < 4.78 is 59.1. The maximum atomic E-state index is 13.8. The van der Waals surface area contributed by atoms with E-state index in [1.807, 2.05) is 0 Å². The summed E-state index contributed by atoms with van der Waals surface area (Å²) >= 11 is 0. The Bertz CT molecular complexity index is 1220. The Morgan fingerprint density at radius 2 is 1.85 bits per heavy atom. The topological polar surface area (TPSA) is 91.8 Å². The van der Waals surface area contributed by atoms with Gasteiger partial charge in [-0.3, -0.25) is 14.7 Å². The molecule has 5 rings (SSSR count). The Labute approximate surface area is 223 Å². The van der Waals surface area contributed by atoms with E-state index in [4.69, 9.17) is 4.74 Å². The molecule has 3 fully saturated rings. The van der Waals surface area contributed by atoms with Crippen molar-refractivity contribution < 1.29 is 37.0 Å². The molecular formula is C28H31F4N3O4. The third kappa shape index (κ3) is 5.94. The SMILES string of the molecule is O=C(O)c1cc(C2CCN(C3CC[C@@](C(=O)NCc4cncc(C(F)(F)F)c4)(C4CC4)OC3)CC2)ccc1F. The summed E-state index contributed by atoms with van der Waals surface area (Å²) in [5.41, 5.74) is -1.03. The Hall–Kier alpha value is -3.05. The smallest absolute Gasteiger partial charge is 0.417 e. The number of benzene rings is 1. The Morgan fingerprint density at radius 1 is 1.10 bits per heavy atom. The summed E-state index contributed by atoms with van der Waals surface area (Å²) in [6, 6.07) is 5.43. The number of ether oxygens (including phenoxy) is 1. The molecule has 7 nitrogen and oxygen atoms in total. The van der Waals surface area contributed by atoms with Crippen LogP contribution in [0.5, 0.6) is 0 Å². The van der Waals surface area contributed by atoms with Gasteiger partial charge in [0.05, 0.1) is 17.7 Å². The minimum Gasteiger partial charge on any atom is -0.478 e. The number of carbonyl (C=O) groups is 2. The monoisotopic (exact) mass is 549 g/mol. The fourth-order valence-corrected chi connectivity index (χ4v) is 5.94. The summed E-state index contributed by atoms with van der Waals surface area (Å²) in [6.45, 7) is 1.89. The van der Waals surface area contributed by atoms with Crippen LogP contribution in [0, 0.1) is 11.7 Å². The number of rotatable bonds is 7. The summed E-state index contributed by atoms with van der Waals surface area (Å²) in [5, 5.41) is 12.0. The summed E-state index contributed by atoms with van der Waals surface area (Å²) in [5.74, 6) is -2.06. The highest BCUT2D eigenvalue weighted by Crippen LogP contribution is 2.47. The van der Waals surface area contributed by atoms with Crippen molar-refractivity contribution in [3.8, 4) is 0 Å². The van der Waals surface area contributed by atoms with Gasteiger partial charge in [0.25, 0.3) is 5.91 Å². The number of amides is 1. The normalized spacial score (nSPS) is 24.9. The standard InChI is InChI=1S/C28H31F4N3O4/c29-24-4-1-19(12-23(24)25(36)37)18-6-9-35(10-7-18)22-5-8-27(39-16-22,20-2-3-20)26(38)34-14-17-11-21(15-33-13-17)28(30,31)32/h1,4,11-13,15,18,20,22H,2-3,5-10,14,16H2,(H,34,38)(H,36,37)/t22?,27-/m0/s1. The first-order valence-electron chi connectivity index (χ1n) is 13.3. The number of carbonyl (C=O) groups excluding carboxylic acids is 1. The molecular weight excluding hydrogens is 518 g/mol. The highest BCUT2D eigenvalue weighted by molar-refractivity contribution is 5.88. The van der Waals surface area contributed by atoms with E-state index >= 15 is 0 Å². The molecule has 210 valence electrons. The maximum Gasteiger partial charge on any atom is 0.417 e. The average Bonchev–Trinajstić information content (AvgIpc) is 3.78. The molecule has 39 heavy (non-hydrogen) atoms. The highest BCUT2D eigenvalue weighted by Gasteiger charge is 2.54. The van der Waals surface area contributed by atoms with Crippen molar-refractivity contribution in [3.05, 3.63) is 64.7 Å². The lowest BCUT2D eigenvalue weighted by atomic mass is 9.84. The van der Waals surface area contributed by atoms with E-state index in [0.29, 0.717) is 13.0 Å². The first-order chi connectivity index (χ1) is 18.6. The highest BCUT2D eigenvalue weighted by atomic mass is 19.4. The van der Waals surface area contributed by atoms with Crippen molar-refractivity contribution in [2.24, 2.45) is 5.92 Å². The van der Waals surface area contributed by atoms with Crippen molar-refractivity contribution in [2.45, 2.75) is 68.8 Å². The van der Waals surface area contributed by atoms with Gasteiger partial charge in [0.15, 0.2) is 0 Å². The molecule has 0 bridgehead atoms. The van der Waals surface area contributed by atoms with E-state index in [1.165, 1.54) is 18.3 Å². The minimum atomic E-state index is -4.50. The van der Waals surface area contributed by atoms with Gasteiger partial charge in [0.1, 0.15) is 11.4 Å². The van der Waals surface area contributed by atoms with Gasteiger partial charge in [-0.2, -0.15) is 13.2 Å². The van der Waals surface area contributed by atoms with Crippen molar-refractivity contribution in [3.63, 3.8) is 0 Å². The van der Waals surface area contributed by atoms with Crippen molar-refractivity contribution >= 4 is 11.9 Å². The van der Waals surface area contributed by atoms with Crippen LogP contribution in [-0.4, -0.2) is 58.2 Å². The van der Waals surface area contributed by atoms with Crippen molar-refractivity contribution in [1.82, 2.24) is 15.2 Å². The zero-order chi connectivity index (χ0) is 27.8. The molecule has 1 amide bonds. The van der Waals surface area contributed by atoms with Crippen LogP contribution in [0.1, 0.15) is 71.5 Å². The zero-order valence-corrected chi connectivity index (χ0v) is 21.3. The third-order valence-corrected chi connectivity index (χ3v) is 8.32. The van der Waals surface area contributed by atoms with Gasteiger partial charge < -0.3 is 15.2 Å². The lowest BCUT2D eigenvalue weighted by Crippen LogP contribution is -2.57. The molecule has 1 aromatic heterocycles. The summed E-state index contributed by atoms with van der Waals surface area (Å²) in [6.07, 6.45) is 2.25. The second kappa shape index (κ2) is 10.8. The second-order valence-electron chi connectivity index (χ2n) is 10.8. The second-order valence-corrected chi connectivity index (χ2v) is 10.8. The Kier molecular flexibility index (Phi) is 7.65. The van der Waals surface area contributed by atoms with Gasteiger partial charge in [0.2, 0.25) is 0 Å². The number of carboxylic acid groups (broad SMARTS) is 1. The third-order valence-electron chi connectivity index (χ3n) is 8.32. The number of nitrogens with zero attached hydrogens (tertiary/aromatic N) is 2. The van der Waals surface area contributed by atoms with E-state index in [1.54, 1.807) is 6.07 Å². The van der Waals surface area contributed by atoms with Gasteiger partial charge in [-0.05, 0) is 92.8 Å². The molecule has 3 heterocycles. The number of hydrogen-bond acceptors (Lipinski definition) is 5. The number of pyridine rings is 1. The molecule has 1 aromatic carbocycles. The van der Waals surface area contributed by atoms with Crippen LogP contribution in [-0.2, 0) is 22.3 Å². The van der Waals surface area contributed by atoms with Crippen LogP contribution in [0.25, 0.3) is 0 Å². The van der Waals surface area contributed by atoms with Crippen molar-refractivity contribution in [1.29, 1.82) is 0 Å². The van der Waals surface area contributed by atoms with Crippen LogP contribution >= 0.6 is 0 Å². The Balaban J connectivity index is 1.16. The van der Waals surface area contributed by atoms with Crippen molar-refractivity contribution in [2.75, 3.05) is 19.7 Å². The van der Waals surface area contributed by atoms with E-state index in [0.717, 1.165) is 63.0 Å². The van der Waals surface area contributed by atoms with E-state index in [9.17, 15) is 32.3 Å². The van der Waals surface area contributed by atoms with Gasteiger partial charge in [-0.25, -0.2) is 9.18 Å². The molecule has 2 saturated heterocycles. The molecule has 1 unspecified atom stereocenters. The Morgan fingerprint density at radius 3 is 2.46 bits per heavy atom. The average molecular weight is 550 g/mol. The molecule has 3 aliphatic rings. The number of likely N-dealkylation sites (tertiary alicyclic amines) is 1. The number of aromatic carboxylic acids is 1. The summed E-state index contributed by atoms with van der Waals surface area (Å²) in [7, 11) is 0. The predicted molar refractivity (Wildman–Crippen MR) is 132 cm³/mol. The van der Waals surface area contributed by atoms with E-state index in [2.05, 4.69) is 15.2 Å². The number of hydrogen-bond donors (Lipinski definition) is 2. The molecule has 2 aliphatic heterocycles. The van der Waals surface area contributed by atoms with Crippen LogP contribution in [0.15, 0.2) is 36.7 Å². The molecule has 1 aliphatic carbocycles. The molecule has 11 heteroatoms. The molecule has 2 aromatic rings. The van der Waals surface area contributed by atoms with E-state index < -0.39 is 29.1 Å². The quantitative estimate of drug-likeness (QED) is 0.484. The first kappa shape index (κ1) is 27.5. The maximum absolute atomic E-state index is 13.8. The largest absolute Gasteiger partial charge is 0.478 e. The lowest BCUT2D eigenvalue weighted by Gasteiger charge is -2.45. The number of carboxylic acids is 1. The van der Waals surface area contributed by atoms with E-state index in [-0.39, 0.29) is 41.5 Å². The van der Waals surface area contributed by atoms with Gasteiger partial charge >= 0.3 is 12.1 Å². The number of halogens is 4. The number of nitrogens with one attached hydrogen (secondary N) is 1. The van der Waals surface area contributed by atoms with Crippen LogP contribution in [0.2, 0.25) is 0 Å². The molecule has 2 N–H and O–H groups in total. The molecule has 2 atom stereocenters. The van der Waals surface area contributed by atoms with Gasteiger partial charge in [-0.1, -0.05) is 6.07 Å². The lowest BCUT2D eigenvalue weighted by molar-refractivity contribution is -0.165. The predicted octanol–water partition coefficient (Wildman–Crippen LogP) is 4.76. The van der Waals surface area contributed by atoms with Gasteiger partial charge in [0, 0.05) is 25.0 Å². The van der Waals surface area contributed by atoms with Crippen LogP contribution in [0.4, 0.5) is 17.6 Å². The molecule has 0 radical (unpaired) electrons. The minimum absolute atomic E-state index is 0.0580. The number of alkyl halides is 3. The first-order valence-corrected chi connectivity index (χ1v) is 13.3. The molecule has 1 saturated carbocycles. The van der Waals surface area contributed by atoms with Crippen LogP contribution < -0.4 is 5.32 Å². The fourth-order valence-electron chi connectivity index (χ4n) is 5.94. The number of piperidine rings is 1.